The molecule has 2 aliphatic heterocycles. The predicted octanol–water partition coefficient (Wildman–Crippen LogP) is 2.57. The summed E-state index contributed by atoms with van der Waals surface area (Å²) in [5.74, 6) is 0.952. The number of fused-ring (bicyclic) bond motifs is 2. The molecule has 150 valence electrons. The lowest BCUT2D eigenvalue weighted by Gasteiger charge is -2.36. The van der Waals surface area contributed by atoms with Crippen molar-refractivity contribution >= 4 is 30.1 Å². The lowest BCUT2D eigenvalue weighted by Crippen LogP contribution is -2.41. The quantitative estimate of drug-likeness (QED) is 0.813. The highest BCUT2D eigenvalue weighted by Gasteiger charge is 2.56. The van der Waals surface area contributed by atoms with E-state index in [1.807, 2.05) is 6.07 Å². The van der Waals surface area contributed by atoms with E-state index < -0.39 is 0 Å². The van der Waals surface area contributed by atoms with Gasteiger partial charge in [-0.1, -0.05) is 13.8 Å². The van der Waals surface area contributed by atoms with Gasteiger partial charge in [0.1, 0.15) is 19.7 Å². The van der Waals surface area contributed by atoms with Crippen LogP contribution in [-0.4, -0.2) is 56.1 Å². The minimum absolute atomic E-state index is 0.259. The predicted molar refractivity (Wildman–Crippen MR) is 112 cm³/mol. The number of pyridine rings is 1. The Morgan fingerprint density at radius 2 is 1.90 bits per heavy atom. The summed E-state index contributed by atoms with van der Waals surface area (Å²) in [4.78, 5) is 7.15. The Morgan fingerprint density at radius 3 is 2.55 bits per heavy atom. The molecule has 0 aromatic carbocycles. The first kappa shape index (κ1) is 19.0. The molecule has 7 heteroatoms. The zero-order valence-electron chi connectivity index (χ0n) is 17.2. The van der Waals surface area contributed by atoms with Gasteiger partial charge in [-0.3, -0.25) is 4.90 Å². The molecule has 2 atom stereocenters. The van der Waals surface area contributed by atoms with Crippen LogP contribution in [0.3, 0.4) is 0 Å². The third-order valence-electron chi connectivity index (χ3n) is 7.68. The molecule has 0 unspecified atom stereocenters. The molecule has 0 spiro atoms. The van der Waals surface area contributed by atoms with Gasteiger partial charge in [-0.25, -0.2) is 4.98 Å². The molecule has 4 heterocycles. The molecule has 2 aromatic heterocycles. The summed E-state index contributed by atoms with van der Waals surface area (Å²) in [5.41, 5.74) is 1.70. The van der Waals surface area contributed by atoms with Crippen LogP contribution in [0.5, 0.6) is 0 Å². The van der Waals surface area contributed by atoms with E-state index in [-0.39, 0.29) is 5.76 Å². The fraction of sp³-hybridized carbons (Fsp3) is 0.636. The minimum atomic E-state index is 0.259. The summed E-state index contributed by atoms with van der Waals surface area (Å²) in [6.45, 7) is 8.88. The molecule has 3 fully saturated rings. The molecular formula is C22H27BN4O2. The third kappa shape index (κ3) is 3.05. The van der Waals surface area contributed by atoms with Crippen molar-refractivity contribution in [3.8, 4) is 6.07 Å². The van der Waals surface area contributed by atoms with E-state index in [4.69, 9.17) is 22.3 Å². The van der Waals surface area contributed by atoms with Crippen molar-refractivity contribution in [3.05, 3.63) is 18.0 Å². The third-order valence-corrected chi connectivity index (χ3v) is 7.68. The first-order chi connectivity index (χ1) is 13.9. The van der Waals surface area contributed by atoms with Gasteiger partial charge >= 0.3 is 0 Å². The van der Waals surface area contributed by atoms with Gasteiger partial charge in [0.15, 0.2) is 5.58 Å². The number of hydrogen-bond donors (Lipinski definition) is 1. The number of hydrogen-bond acceptors (Lipinski definition) is 6. The fourth-order valence-electron chi connectivity index (χ4n) is 5.51. The molecule has 0 bridgehead atoms. The van der Waals surface area contributed by atoms with E-state index in [9.17, 15) is 0 Å². The standard InChI is InChI=1S/C22H27BN4O2/c1-21-10-27(11-22(21,2)13-28-12-21)15-5-3-14(4-6-15)26-20-19(23)17-7-16(8-24)29-18(17)9-25-20/h7,9,14-15H,3-6,10-13H2,1-2H3,(H,25,26)/t14?,15?,21-,22+. The van der Waals surface area contributed by atoms with Gasteiger partial charge in [0.05, 0.1) is 19.4 Å². The van der Waals surface area contributed by atoms with Gasteiger partial charge < -0.3 is 14.5 Å². The summed E-state index contributed by atoms with van der Waals surface area (Å²) in [7, 11) is 6.30. The molecule has 1 N–H and O–H groups in total. The first-order valence-electron chi connectivity index (χ1n) is 10.6. The van der Waals surface area contributed by atoms with Gasteiger partial charge in [-0.15, -0.1) is 0 Å². The molecule has 1 aliphatic carbocycles. The second-order valence-corrected chi connectivity index (χ2v) is 9.69. The first-order valence-corrected chi connectivity index (χ1v) is 10.6. The van der Waals surface area contributed by atoms with E-state index >= 15 is 0 Å². The highest BCUT2D eigenvalue weighted by Crippen LogP contribution is 2.51. The summed E-state index contributed by atoms with van der Waals surface area (Å²) in [6.07, 6.45) is 6.25. The number of rotatable bonds is 3. The second-order valence-electron chi connectivity index (χ2n) is 9.69. The molecule has 2 radical (unpaired) electrons. The summed E-state index contributed by atoms with van der Waals surface area (Å²) in [5, 5.41) is 13.3. The average molecular weight is 390 g/mol. The molecule has 5 rings (SSSR count). The average Bonchev–Trinajstić information content (AvgIpc) is 3.32. The van der Waals surface area contributed by atoms with Crippen LogP contribution in [0.4, 0.5) is 5.82 Å². The van der Waals surface area contributed by atoms with Crippen LogP contribution in [0.2, 0.25) is 0 Å². The van der Waals surface area contributed by atoms with Crippen molar-refractivity contribution in [1.29, 1.82) is 5.26 Å². The topological polar surface area (TPSA) is 74.3 Å². The Balaban J connectivity index is 1.22. The van der Waals surface area contributed by atoms with E-state index in [1.54, 1.807) is 12.3 Å². The van der Waals surface area contributed by atoms with Crippen molar-refractivity contribution in [1.82, 2.24) is 9.88 Å². The van der Waals surface area contributed by atoms with E-state index in [0.717, 1.165) is 44.5 Å². The number of nitrogens with one attached hydrogen (secondary N) is 1. The fourth-order valence-corrected chi connectivity index (χ4v) is 5.51. The molecule has 2 aromatic rings. The van der Waals surface area contributed by atoms with Crippen molar-refractivity contribution in [2.45, 2.75) is 51.6 Å². The van der Waals surface area contributed by atoms with Crippen LogP contribution >= 0.6 is 0 Å². The van der Waals surface area contributed by atoms with E-state index in [0.29, 0.717) is 39.8 Å². The molecule has 6 nitrogen and oxygen atoms in total. The maximum absolute atomic E-state index is 9.03. The van der Waals surface area contributed by atoms with E-state index in [2.05, 4.69) is 29.0 Å². The summed E-state index contributed by atoms with van der Waals surface area (Å²) in [6, 6.07) is 4.73. The van der Waals surface area contributed by atoms with Gasteiger partial charge in [-0.05, 0) is 31.1 Å². The normalized spacial score (nSPS) is 34.9. The Labute approximate surface area is 173 Å². The number of nitriles is 1. The molecule has 2 saturated heterocycles. The number of anilines is 1. The molecule has 1 saturated carbocycles. The van der Waals surface area contributed by atoms with Crippen LogP contribution in [0, 0.1) is 22.2 Å². The zero-order chi connectivity index (χ0) is 20.2. The lowest BCUT2D eigenvalue weighted by molar-refractivity contribution is 0.102. The Kier molecular flexibility index (Phi) is 4.41. The second kappa shape index (κ2) is 6.75. The summed E-state index contributed by atoms with van der Waals surface area (Å²) >= 11 is 0. The Morgan fingerprint density at radius 1 is 1.21 bits per heavy atom. The number of aromatic nitrogens is 1. The van der Waals surface area contributed by atoms with Crippen LogP contribution in [0.1, 0.15) is 45.3 Å². The largest absolute Gasteiger partial charge is 0.444 e. The van der Waals surface area contributed by atoms with Crippen LogP contribution in [0.25, 0.3) is 11.0 Å². The van der Waals surface area contributed by atoms with Crippen LogP contribution < -0.4 is 10.8 Å². The number of ether oxygens (including phenoxy) is 1. The smallest absolute Gasteiger partial charge is 0.204 e. The maximum Gasteiger partial charge on any atom is 0.204 e. The van der Waals surface area contributed by atoms with Gasteiger partial charge in [0, 0.05) is 47.5 Å². The molecular weight excluding hydrogens is 363 g/mol. The van der Waals surface area contributed by atoms with Gasteiger partial charge in [0.2, 0.25) is 5.76 Å². The number of likely N-dealkylation sites (tertiary alicyclic amines) is 1. The minimum Gasteiger partial charge on any atom is -0.444 e. The van der Waals surface area contributed by atoms with Gasteiger partial charge in [0.25, 0.3) is 0 Å². The van der Waals surface area contributed by atoms with Crippen molar-refractivity contribution in [3.63, 3.8) is 0 Å². The Hall–Kier alpha value is -2.04. The zero-order valence-corrected chi connectivity index (χ0v) is 17.2. The number of nitrogens with zero attached hydrogens (tertiary/aromatic N) is 3. The SMILES string of the molecule is [B]c1c(NC2CCC(N3C[C@]4(C)COC[C@]4(C)C3)CC2)ncc2oc(C#N)cc12. The maximum atomic E-state index is 9.03. The van der Waals surface area contributed by atoms with Gasteiger partial charge in [-0.2, -0.15) is 5.26 Å². The van der Waals surface area contributed by atoms with E-state index in [1.165, 1.54) is 12.8 Å². The van der Waals surface area contributed by atoms with Crippen molar-refractivity contribution in [2.75, 3.05) is 31.6 Å². The van der Waals surface area contributed by atoms with Crippen molar-refractivity contribution in [2.24, 2.45) is 10.8 Å². The lowest BCUT2D eigenvalue weighted by atomic mass is 9.71. The van der Waals surface area contributed by atoms with Crippen LogP contribution in [-0.2, 0) is 4.74 Å². The molecule has 3 aliphatic rings. The van der Waals surface area contributed by atoms with Crippen molar-refractivity contribution < 1.29 is 9.15 Å². The Bertz CT molecular complexity index is 959. The van der Waals surface area contributed by atoms with Crippen LogP contribution in [0.15, 0.2) is 16.7 Å². The number of furan rings is 1. The molecule has 0 amide bonds. The summed E-state index contributed by atoms with van der Waals surface area (Å²) < 4.78 is 11.2. The monoisotopic (exact) mass is 390 g/mol. The molecule has 29 heavy (non-hydrogen) atoms. The highest BCUT2D eigenvalue weighted by molar-refractivity contribution is 6.41. The highest BCUT2D eigenvalue weighted by atomic mass is 16.5.